The third-order valence-corrected chi connectivity index (χ3v) is 6.64. The molecule has 0 saturated carbocycles. The van der Waals surface area contributed by atoms with Crippen molar-refractivity contribution in [2.24, 2.45) is 0 Å². The zero-order valence-electron chi connectivity index (χ0n) is 17.3. The highest BCUT2D eigenvalue weighted by atomic mass is 32.2. The molecule has 0 unspecified atom stereocenters. The van der Waals surface area contributed by atoms with Gasteiger partial charge in [0.25, 0.3) is 0 Å². The van der Waals surface area contributed by atoms with Crippen LogP contribution in [0.25, 0.3) is 21.8 Å². The second kappa shape index (κ2) is 7.78. The van der Waals surface area contributed by atoms with E-state index in [2.05, 4.69) is 31.5 Å². The summed E-state index contributed by atoms with van der Waals surface area (Å²) in [6.07, 6.45) is 2.83. The fourth-order valence-electron chi connectivity index (χ4n) is 3.92. The first kappa shape index (κ1) is 20.2. The molecule has 1 aliphatic heterocycles. The molecule has 0 aliphatic carbocycles. The number of nitrogens with one attached hydrogen (secondary N) is 2. The summed E-state index contributed by atoms with van der Waals surface area (Å²) in [5, 5.41) is 21.5. The largest absolute Gasteiger partial charge is 0.378 e. The molecule has 0 atom stereocenters. The zero-order chi connectivity index (χ0) is 22.3. The Morgan fingerprint density at radius 1 is 1.16 bits per heavy atom. The van der Waals surface area contributed by atoms with Gasteiger partial charge in [-0.25, -0.2) is 13.4 Å². The molecule has 2 aromatic heterocycles. The number of fused-ring (bicyclic) bond motifs is 3. The number of hydrogen-bond donors (Lipinski definition) is 2. The Bertz CT molecular complexity index is 1480. The molecule has 3 heterocycles. The SMILES string of the molecule is CS(=O)(=O)c1ccc2nc(Nc3ccc(N4CCOCC4)c(C#N)c3)c3[nH]ncc3c2c1. The Balaban J connectivity index is 1.55. The van der Waals surface area contributed by atoms with Crippen LogP contribution in [-0.4, -0.2) is 56.2 Å². The number of rotatable bonds is 4. The minimum atomic E-state index is -3.34. The number of aromatic amines is 1. The highest BCUT2D eigenvalue weighted by Crippen LogP contribution is 2.32. The van der Waals surface area contributed by atoms with Crippen molar-refractivity contribution in [2.45, 2.75) is 4.90 Å². The predicted octanol–water partition coefficient (Wildman–Crippen LogP) is 2.97. The van der Waals surface area contributed by atoms with E-state index < -0.39 is 9.84 Å². The summed E-state index contributed by atoms with van der Waals surface area (Å²) in [5.74, 6) is 0.542. The van der Waals surface area contributed by atoms with Crippen LogP contribution in [0, 0.1) is 11.3 Å². The maximum atomic E-state index is 12.0. The average Bonchev–Trinajstić information content (AvgIpc) is 3.29. The third kappa shape index (κ3) is 3.62. The zero-order valence-corrected chi connectivity index (χ0v) is 18.1. The molecular weight excluding hydrogens is 428 g/mol. The van der Waals surface area contributed by atoms with Crippen LogP contribution in [0.3, 0.4) is 0 Å². The quantitative estimate of drug-likeness (QED) is 0.488. The van der Waals surface area contributed by atoms with Crippen LogP contribution in [0.5, 0.6) is 0 Å². The van der Waals surface area contributed by atoms with Gasteiger partial charge in [-0.2, -0.15) is 10.4 Å². The van der Waals surface area contributed by atoms with Gasteiger partial charge in [0.15, 0.2) is 15.7 Å². The van der Waals surface area contributed by atoms with Crippen molar-refractivity contribution in [3.63, 3.8) is 0 Å². The van der Waals surface area contributed by atoms with Crippen molar-refractivity contribution < 1.29 is 13.2 Å². The summed E-state index contributed by atoms with van der Waals surface area (Å²) in [5.41, 5.74) is 3.45. The summed E-state index contributed by atoms with van der Waals surface area (Å²) in [7, 11) is -3.34. The van der Waals surface area contributed by atoms with Gasteiger partial charge in [0.05, 0.1) is 41.1 Å². The molecule has 2 N–H and O–H groups in total. The van der Waals surface area contributed by atoms with Crippen molar-refractivity contribution in [1.29, 1.82) is 5.26 Å². The summed E-state index contributed by atoms with van der Waals surface area (Å²) in [6.45, 7) is 2.78. The standard InChI is InChI=1S/C22H20N6O3S/c1-32(29,30)16-3-4-19-17(11-16)18-13-24-27-21(18)22(26-19)25-15-2-5-20(14(10-15)12-23)28-6-8-31-9-7-28/h2-5,10-11,13H,6-9H2,1H3,(H,24,27)(H,25,26). The maximum absolute atomic E-state index is 12.0. The van der Waals surface area contributed by atoms with E-state index >= 15 is 0 Å². The van der Waals surface area contributed by atoms with Crippen molar-refractivity contribution in [2.75, 3.05) is 42.8 Å². The van der Waals surface area contributed by atoms with Gasteiger partial charge in [0.1, 0.15) is 11.6 Å². The second-order valence-corrected chi connectivity index (χ2v) is 9.65. The minimum absolute atomic E-state index is 0.229. The number of pyridine rings is 1. The van der Waals surface area contributed by atoms with E-state index in [9.17, 15) is 13.7 Å². The summed E-state index contributed by atoms with van der Waals surface area (Å²) >= 11 is 0. The highest BCUT2D eigenvalue weighted by molar-refractivity contribution is 7.90. The normalized spacial score (nSPS) is 14.6. The van der Waals surface area contributed by atoms with Crippen molar-refractivity contribution in [1.82, 2.24) is 15.2 Å². The van der Waals surface area contributed by atoms with E-state index in [0.717, 1.165) is 24.2 Å². The third-order valence-electron chi connectivity index (χ3n) is 5.53. The number of ether oxygens (including phenoxy) is 1. The predicted molar refractivity (Wildman–Crippen MR) is 122 cm³/mol. The minimum Gasteiger partial charge on any atom is -0.378 e. The van der Waals surface area contributed by atoms with Crippen molar-refractivity contribution in [3.8, 4) is 6.07 Å². The fourth-order valence-corrected chi connectivity index (χ4v) is 4.56. The van der Waals surface area contributed by atoms with Crippen LogP contribution in [0.15, 0.2) is 47.5 Å². The van der Waals surface area contributed by atoms with E-state index in [4.69, 9.17) is 4.74 Å². The number of nitrogens with zero attached hydrogens (tertiary/aromatic N) is 4. The molecule has 9 nitrogen and oxygen atoms in total. The Hall–Kier alpha value is -3.68. The molecular formula is C22H20N6O3S. The fraction of sp³-hybridized carbons (Fsp3) is 0.227. The number of sulfone groups is 1. The lowest BCUT2D eigenvalue weighted by Crippen LogP contribution is -2.36. The molecule has 162 valence electrons. The molecule has 32 heavy (non-hydrogen) atoms. The number of H-pyrrole nitrogens is 1. The van der Waals surface area contributed by atoms with E-state index in [1.54, 1.807) is 30.5 Å². The first-order chi connectivity index (χ1) is 15.4. The first-order valence-corrected chi connectivity index (χ1v) is 11.9. The first-order valence-electron chi connectivity index (χ1n) is 10.0. The highest BCUT2D eigenvalue weighted by Gasteiger charge is 2.17. The number of nitriles is 1. The smallest absolute Gasteiger partial charge is 0.175 e. The number of benzene rings is 2. The van der Waals surface area contributed by atoms with Gasteiger partial charge >= 0.3 is 0 Å². The average molecular weight is 449 g/mol. The Morgan fingerprint density at radius 2 is 1.97 bits per heavy atom. The Kier molecular flexibility index (Phi) is 4.92. The Morgan fingerprint density at radius 3 is 2.72 bits per heavy atom. The molecule has 0 radical (unpaired) electrons. The monoisotopic (exact) mass is 448 g/mol. The van der Waals surface area contributed by atoms with Gasteiger partial charge < -0.3 is 15.0 Å². The summed E-state index contributed by atoms with van der Waals surface area (Å²) in [4.78, 5) is 7.05. The van der Waals surface area contributed by atoms with Gasteiger partial charge in [0, 0.05) is 35.8 Å². The van der Waals surface area contributed by atoms with Gasteiger partial charge in [-0.3, -0.25) is 5.10 Å². The molecule has 1 saturated heterocycles. The Labute approximate surface area is 184 Å². The second-order valence-electron chi connectivity index (χ2n) is 7.64. The van der Waals surface area contributed by atoms with Gasteiger partial charge in [-0.15, -0.1) is 0 Å². The molecule has 5 rings (SSSR count). The lowest BCUT2D eigenvalue weighted by Gasteiger charge is -2.29. The molecule has 4 aromatic rings. The number of aromatic nitrogens is 3. The molecule has 10 heteroatoms. The van der Waals surface area contributed by atoms with E-state index in [-0.39, 0.29) is 4.90 Å². The van der Waals surface area contributed by atoms with E-state index in [1.165, 1.54) is 6.26 Å². The van der Waals surface area contributed by atoms with Crippen LogP contribution in [-0.2, 0) is 14.6 Å². The lowest BCUT2D eigenvalue weighted by atomic mass is 10.1. The van der Waals surface area contributed by atoms with Crippen LogP contribution < -0.4 is 10.2 Å². The molecule has 0 spiro atoms. The number of hydrogen-bond acceptors (Lipinski definition) is 8. The van der Waals surface area contributed by atoms with Gasteiger partial charge in [0.2, 0.25) is 0 Å². The van der Waals surface area contributed by atoms with Crippen molar-refractivity contribution in [3.05, 3.63) is 48.2 Å². The summed E-state index contributed by atoms with van der Waals surface area (Å²) < 4.78 is 29.3. The lowest BCUT2D eigenvalue weighted by molar-refractivity contribution is 0.122. The molecule has 0 bridgehead atoms. The molecule has 2 aromatic carbocycles. The molecule has 1 aliphatic rings. The number of anilines is 3. The number of morpholine rings is 1. The van der Waals surface area contributed by atoms with Crippen LogP contribution in [0.4, 0.5) is 17.2 Å². The molecule has 1 fully saturated rings. The molecule has 0 amide bonds. The van der Waals surface area contributed by atoms with Crippen molar-refractivity contribution >= 4 is 48.8 Å². The van der Waals surface area contributed by atoms with E-state index in [1.807, 2.05) is 12.1 Å². The topological polar surface area (TPSA) is 124 Å². The maximum Gasteiger partial charge on any atom is 0.175 e. The van der Waals surface area contributed by atoms with E-state index in [0.29, 0.717) is 46.7 Å². The van der Waals surface area contributed by atoms with Crippen LogP contribution in [0.1, 0.15) is 5.56 Å². The van der Waals surface area contributed by atoms with Crippen LogP contribution in [0.2, 0.25) is 0 Å². The van der Waals surface area contributed by atoms with Gasteiger partial charge in [-0.05, 0) is 36.4 Å². The summed E-state index contributed by atoms with van der Waals surface area (Å²) in [6, 6.07) is 12.8. The van der Waals surface area contributed by atoms with Crippen LogP contribution >= 0.6 is 0 Å². The van der Waals surface area contributed by atoms with Gasteiger partial charge in [-0.1, -0.05) is 0 Å².